The number of hydrogen-bond donors (Lipinski definition) is 0. The second-order valence-corrected chi connectivity index (χ2v) is 19.4. The SMILES string of the molecule is O=S(=O)(c1ccc([O][Zr]([O]c2ccc(S(=O)(=O)C(F)(F)F)cc2)([C]2=CC=CC2)[C]2=CC=CC2)cc1)C(F)(F)F. The molecule has 2 aromatic rings. The van der Waals surface area contributed by atoms with Crippen LogP contribution in [0.2, 0.25) is 0 Å². The minimum atomic E-state index is -5.59. The molecule has 15 heteroatoms. The van der Waals surface area contributed by atoms with Gasteiger partial charge in [-0.3, -0.25) is 0 Å². The normalized spacial score (nSPS) is 16.3. The van der Waals surface area contributed by atoms with Gasteiger partial charge in [-0.15, -0.1) is 0 Å². The van der Waals surface area contributed by atoms with Crippen LogP contribution in [-0.2, 0) is 40.8 Å². The molecule has 2 aromatic carbocycles. The van der Waals surface area contributed by atoms with E-state index in [0.717, 1.165) is 55.1 Å². The van der Waals surface area contributed by atoms with Gasteiger partial charge in [0.15, 0.2) is 0 Å². The molecule has 0 N–H and O–H groups in total. The minimum absolute atomic E-state index is 0.0174. The zero-order chi connectivity index (χ0) is 28.7. The first-order valence-electron chi connectivity index (χ1n) is 11.0. The maximum absolute atomic E-state index is 13.0. The van der Waals surface area contributed by atoms with Gasteiger partial charge in [0, 0.05) is 0 Å². The number of sulfone groups is 2. The molecule has 0 saturated carbocycles. The van der Waals surface area contributed by atoms with Gasteiger partial charge >= 0.3 is 226 Å². The van der Waals surface area contributed by atoms with Crippen molar-refractivity contribution in [2.75, 3.05) is 0 Å². The molecular weight excluding hydrogens is 654 g/mol. The summed E-state index contributed by atoms with van der Waals surface area (Å²) < 4.78 is 139. The van der Waals surface area contributed by atoms with Gasteiger partial charge in [-0.05, 0) is 0 Å². The summed E-state index contributed by atoms with van der Waals surface area (Å²) in [6, 6.07) is 7.30. The van der Waals surface area contributed by atoms with E-state index in [1.165, 1.54) is 0 Å². The van der Waals surface area contributed by atoms with Gasteiger partial charge in [0.1, 0.15) is 0 Å². The van der Waals surface area contributed by atoms with Crippen molar-refractivity contribution in [3.8, 4) is 11.5 Å². The number of alkyl halides is 6. The fourth-order valence-corrected chi connectivity index (χ4v) is 13.5. The van der Waals surface area contributed by atoms with Crippen LogP contribution >= 0.6 is 0 Å². The van der Waals surface area contributed by atoms with Crippen molar-refractivity contribution in [2.24, 2.45) is 0 Å². The van der Waals surface area contributed by atoms with Crippen molar-refractivity contribution >= 4 is 19.7 Å². The zero-order valence-electron chi connectivity index (χ0n) is 19.5. The first-order chi connectivity index (χ1) is 18.1. The number of benzene rings is 2. The van der Waals surface area contributed by atoms with E-state index in [0.29, 0.717) is 12.8 Å². The molecule has 0 heterocycles. The van der Waals surface area contributed by atoms with E-state index >= 15 is 0 Å². The van der Waals surface area contributed by atoms with Crippen molar-refractivity contribution < 1.29 is 70.0 Å². The van der Waals surface area contributed by atoms with Crippen LogP contribution in [0.3, 0.4) is 0 Å². The Bertz CT molecular complexity index is 1460. The molecule has 0 amide bonds. The van der Waals surface area contributed by atoms with E-state index in [1.54, 1.807) is 24.3 Å². The average Bonchev–Trinajstić information content (AvgIpc) is 3.58. The van der Waals surface area contributed by atoms with Crippen LogP contribution in [0.15, 0.2) is 101 Å². The summed E-state index contributed by atoms with van der Waals surface area (Å²) in [6.07, 6.45) is 11.4. The standard InChI is InChI=1S/2C7H5F3O3S.2C5H5.Zr/c2*8-7(9,10)14(12,13)6-3-1-5(11)2-4-6;2*1-2-4-5-3-1;/h2*1-4,11H;2*1-3H,4H2;/q;;;;+2/p-2. The van der Waals surface area contributed by atoms with Crippen LogP contribution < -0.4 is 5.63 Å². The number of hydrogen-bond acceptors (Lipinski definition) is 6. The van der Waals surface area contributed by atoms with E-state index in [1.807, 2.05) is 12.2 Å². The first-order valence-corrected chi connectivity index (χ1v) is 18.4. The van der Waals surface area contributed by atoms with E-state index < -0.39 is 61.6 Å². The molecule has 0 radical (unpaired) electrons. The van der Waals surface area contributed by atoms with Crippen LogP contribution in [-0.4, -0.2) is 27.9 Å². The first kappa shape index (κ1) is 29.3. The third-order valence-corrected chi connectivity index (χ3v) is 17.3. The Kier molecular flexibility index (Phi) is 7.83. The molecule has 6 nitrogen and oxygen atoms in total. The molecule has 0 unspecified atom stereocenters. The number of halogens is 6. The zero-order valence-corrected chi connectivity index (χ0v) is 23.6. The quantitative estimate of drug-likeness (QED) is 0.302. The molecule has 2 aliphatic rings. The molecule has 0 bridgehead atoms. The monoisotopic (exact) mass is 670 g/mol. The van der Waals surface area contributed by atoms with Gasteiger partial charge in [0.25, 0.3) is 0 Å². The van der Waals surface area contributed by atoms with Gasteiger partial charge in [-0.2, -0.15) is 0 Å². The number of allylic oxidation sites excluding steroid dienone is 8. The van der Waals surface area contributed by atoms with Crippen molar-refractivity contribution in [2.45, 2.75) is 33.6 Å². The molecule has 0 saturated heterocycles. The van der Waals surface area contributed by atoms with Crippen LogP contribution in [0.5, 0.6) is 11.5 Å². The van der Waals surface area contributed by atoms with Crippen LogP contribution in [0.25, 0.3) is 0 Å². The topological polar surface area (TPSA) is 86.7 Å². The van der Waals surface area contributed by atoms with Crippen molar-refractivity contribution in [3.63, 3.8) is 0 Å². The van der Waals surface area contributed by atoms with Crippen LogP contribution in [0.4, 0.5) is 26.3 Å². The van der Waals surface area contributed by atoms with Crippen molar-refractivity contribution in [1.29, 1.82) is 0 Å². The molecule has 208 valence electrons. The fraction of sp³-hybridized carbons (Fsp3) is 0.167. The summed E-state index contributed by atoms with van der Waals surface area (Å²) in [5.41, 5.74) is -11.0. The Morgan fingerprint density at radius 1 is 0.590 bits per heavy atom. The van der Waals surface area contributed by atoms with Gasteiger partial charge in [-0.25, -0.2) is 0 Å². The Morgan fingerprint density at radius 2 is 0.923 bits per heavy atom. The van der Waals surface area contributed by atoms with Gasteiger partial charge < -0.3 is 0 Å². The second-order valence-electron chi connectivity index (χ2n) is 8.31. The fourth-order valence-electron chi connectivity index (χ4n) is 3.84. The van der Waals surface area contributed by atoms with Gasteiger partial charge in [0.05, 0.1) is 0 Å². The second kappa shape index (κ2) is 10.4. The summed E-state index contributed by atoms with van der Waals surface area (Å²) in [6.45, 7) is 0. The van der Waals surface area contributed by atoms with Crippen LogP contribution in [0.1, 0.15) is 12.8 Å². The van der Waals surface area contributed by atoms with Gasteiger partial charge in [0.2, 0.25) is 0 Å². The predicted molar refractivity (Wildman–Crippen MR) is 124 cm³/mol. The molecule has 0 fully saturated rings. The third-order valence-electron chi connectivity index (χ3n) is 5.79. The predicted octanol–water partition coefficient (Wildman–Crippen LogP) is 6.40. The summed E-state index contributed by atoms with van der Waals surface area (Å²) in [4.78, 5) is -1.96. The Morgan fingerprint density at radius 3 is 1.18 bits per heavy atom. The van der Waals surface area contributed by atoms with E-state index in [9.17, 15) is 43.2 Å². The van der Waals surface area contributed by atoms with Crippen molar-refractivity contribution in [1.82, 2.24) is 0 Å². The maximum atomic E-state index is 13.0. The van der Waals surface area contributed by atoms with Gasteiger partial charge in [-0.1, -0.05) is 0 Å². The molecule has 0 aromatic heterocycles. The van der Waals surface area contributed by atoms with Crippen molar-refractivity contribution in [3.05, 3.63) is 91.5 Å². The molecule has 4 rings (SSSR count). The number of rotatable bonds is 8. The van der Waals surface area contributed by atoms with E-state index in [2.05, 4.69) is 0 Å². The Balaban J connectivity index is 1.74. The molecular formula is C24H18F6O6S2Zr. The summed E-state index contributed by atoms with van der Waals surface area (Å²) in [7, 11) is -11.2. The third kappa shape index (κ3) is 5.66. The molecule has 0 aliphatic heterocycles. The summed E-state index contributed by atoms with van der Waals surface area (Å²) >= 11 is -4.78. The van der Waals surface area contributed by atoms with E-state index in [-0.39, 0.29) is 11.5 Å². The molecule has 39 heavy (non-hydrogen) atoms. The van der Waals surface area contributed by atoms with E-state index in [4.69, 9.17) is 5.63 Å². The molecule has 0 atom stereocenters. The van der Waals surface area contributed by atoms with Crippen LogP contribution in [0, 0.1) is 0 Å². The molecule has 2 aliphatic carbocycles. The summed E-state index contributed by atoms with van der Waals surface area (Å²) in [5, 5.41) is 0. The molecule has 0 spiro atoms. The Hall–Kier alpha value is -2.64. The summed E-state index contributed by atoms with van der Waals surface area (Å²) in [5.74, 6) is 0.0348. The average molecular weight is 672 g/mol. The Labute approximate surface area is 225 Å².